The summed E-state index contributed by atoms with van der Waals surface area (Å²) in [7, 11) is 1.62. The number of hydrogen-bond donors (Lipinski definition) is 2. The standard InChI is InChI=1S/C19H16N2O4S/c1-25-15-8-2-12(3-9-15)10-17-21-16(11-26-17)18(22)20-14-6-4-13(5-7-14)19(23)24/h2-9,11H,10H2,1H3,(H,20,22)(H,23,24). The summed E-state index contributed by atoms with van der Waals surface area (Å²) >= 11 is 1.42. The van der Waals surface area contributed by atoms with Crippen molar-refractivity contribution in [2.45, 2.75) is 6.42 Å². The number of nitrogens with one attached hydrogen (secondary N) is 1. The molecule has 0 unspecified atom stereocenters. The van der Waals surface area contributed by atoms with E-state index in [0.717, 1.165) is 16.3 Å². The first-order valence-electron chi connectivity index (χ1n) is 7.77. The lowest BCUT2D eigenvalue weighted by molar-refractivity contribution is 0.0696. The van der Waals surface area contributed by atoms with Crippen LogP contribution in [0.15, 0.2) is 53.9 Å². The van der Waals surface area contributed by atoms with E-state index in [4.69, 9.17) is 9.84 Å². The fourth-order valence-corrected chi connectivity index (χ4v) is 3.11. The van der Waals surface area contributed by atoms with Gasteiger partial charge in [-0.3, -0.25) is 4.79 Å². The monoisotopic (exact) mass is 368 g/mol. The van der Waals surface area contributed by atoms with Gasteiger partial charge in [-0.2, -0.15) is 0 Å². The summed E-state index contributed by atoms with van der Waals surface area (Å²) in [6, 6.07) is 13.7. The molecular weight excluding hydrogens is 352 g/mol. The number of carbonyl (C=O) groups excluding carboxylic acids is 1. The van der Waals surface area contributed by atoms with Gasteiger partial charge in [0.05, 0.1) is 17.7 Å². The summed E-state index contributed by atoms with van der Waals surface area (Å²) < 4.78 is 5.13. The summed E-state index contributed by atoms with van der Waals surface area (Å²) in [5.74, 6) is -0.544. The Bertz CT molecular complexity index is 917. The average Bonchev–Trinajstić information content (AvgIpc) is 3.11. The van der Waals surface area contributed by atoms with Gasteiger partial charge in [-0.25, -0.2) is 9.78 Å². The molecule has 0 radical (unpaired) electrons. The summed E-state index contributed by atoms with van der Waals surface area (Å²) in [6.07, 6.45) is 0.634. The molecule has 1 aromatic heterocycles. The molecule has 3 rings (SSSR count). The number of nitrogens with zero attached hydrogens (tertiary/aromatic N) is 1. The Kier molecular flexibility index (Phi) is 5.28. The van der Waals surface area contributed by atoms with Gasteiger partial charge >= 0.3 is 5.97 Å². The number of rotatable bonds is 6. The highest BCUT2D eigenvalue weighted by Crippen LogP contribution is 2.18. The molecule has 132 valence electrons. The third-order valence-corrected chi connectivity index (χ3v) is 4.54. The molecule has 6 nitrogen and oxygen atoms in total. The second-order valence-corrected chi connectivity index (χ2v) is 6.43. The number of hydrogen-bond acceptors (Lipinski definition) is 5. The van der Waals surface area contributed by atoms with E-state index in [1.165, 1.54) is 23.5 Å². The molecule has 7 heteroatoms. The Morgan fingerprint density at radius 2 is 1.81 bits per heavy atom. The van der Waals surface area contributed by atoms with E-state index in [9.17, 15) is 9.59 Å². The van der Waals surface area contributed by atoms with E-state index in [2.05, 4.69) is 10.3 Å². The lowest BCUT2D eigenvalue weighted by Crippen LogP contribution is -2.12. The number of anilines is 1. The molecule has 3 aromatic rings. The van der Waals surface area contributed by atoms with Crippen LogP contribution in [0.2, 0.25) is 0 Å². The molecular formula is C19H16N2O4S. The van der Waals surface area contributed by atoms with Crippen molar-refractivity contribution in [2.24, 2.45) is 0 Å². The molecule has 2 N–H and O–H groups in total. The van der Waals surface area contributed by atoms with Crippen molar-refractivity contribution in [3.63, 3.8) is 0 Å². The maximum Gasteiger partial charge on any atom is 0.335 e. The van der Waals surface area contributed by atoms with Crippen molar-refractivity contribution in [3.05, 3.63) is 75.7 Å². The van der Waals surface area contributed by atoms with Crippen molar-refractivity contribution in [3.8, 4) is 5.75 Å². The van der Waals surface area contributed by atoms with E-state index in [1.807, 2.05) is 24.3 Å². The van der Waals surface area contributed by atoms with Crippen molar-refractivity contribution < 1.29 is 19.4 Å². The zero-order valence-corrected chi connectivity index (χ0v) is 14.7. The Morgan fingerprint density at radius 3 is 2.42 bits per heavy atom. The van der Waals surface area contributed by atoms with E-state index in [-0.39, 0.29) is 11.5 Å². The van der Waals surface area contributed by atoms with Crippen molar-refractivity contribution >= 4 is 28.9 Å². The van der Waals surface area contributed by atoms with Crippen LogP contribution in [0, 0.1) is 0 Å². The van der Waals surface area contributed by atoms with Gasteiger partial charge < -0.3 is 15.2 Å². The van der Waals surface area contributed by atoms with E-state index in [1.54, 1.807) is 24.6 Å². The fourth-order valence-electron chi connectivity index (χ4n) is 2.31. The second kappa shape index (κ2) is 7.79. The van der Waals surface area contributed by atoms with Crippen LogP contribution in [0.1, 0.15) is 31.4 Å². The van der Waals surface area contributed by atoms with Crippen LogP contribution in [-0.4, -0.2) is 29.1 Å². The number of aromatic carboxylic acids is 1. The van der Waals surface area contributed by atoms with Crippen LogP contribution in [0.3, 0.4) is 0 Å². The number of amides is 1. The van der Waals surface area contributed by atoms with Crippen LogP contribution >= 0.6 is 11.3 Å². The maximum atomic E-state index is 12.3. The number of thiazole rings is 1. The molecule has 0 fully saturated rings. The molecule has 0 atom stereocenters. The third kappa shape index (κ3) is 4.25. The van der Waals surface area contributed by atoms with Crippen LogP contribution < -0.4 is 10.1 Å². The van der Waals surface area contributed by atoms with Crippen molar-refractivity contribution in [1.29, 1.82) is 0 Å². The lowest BCUT2D eigenvalue weighted by atomic mass is 10.1. The summed E-state index contributed by atoms with van der Waals surface area (Å²) in [5, 5.41) is 14.1. The second-order valence-electron chi connectivity index (χ2n) is 5.49. The minimum Gasteiger partial charge on any atom is -0.497 e. The zero-order valence-electron chi connectivity index (χ0n) is 13.9. The van der Waals surface area contributed by atoms with Gasteiger partial charge in [0.15, 0.2) is 0 Å². The topological polar surface area (TPSA) is 88.5 Å². The lowest BCUT2D eigenvalue weighted by Gasteiger charge is -2.03. The molecule has 2 aromatic carbocycles. The first kappa shape index (κ1) is 17.6. The smallest absolute Gasteiger partial charge is 0.335 e. The normalized spacial score (nSPS) is 10.3. The van der Waals surface area contributed by atoms with Gasteiger partial charge in [-0.15, -0.1) is 11.3 Å². The highest BCUT2D eigenvalue weighted by Gasteiger charge is 2.12. The van der Waals surface area contributed by atoms with Crippen molar-refractivity contribution in [1.82, 2.24) is 4.98 Å². The summed E-state index contributed by atoms with van der Waals surface area (Å²) in [4.78, 5) is 27.5. The number of benzene rings is 2. The van der Waals surface area contributed by atoms with Gasteiger partial charge in [0, 0.05) is 17.5 Å². The molecule has 0 aliphatic heterocycles. The highest BCUT2D eigenvalue weighted by atomic mass is 32.1. The SMILES string of the molecule is COc1ccc(Cc2nc(C(=O)Nc3ccc(C(=O)O)cc3)cs2)cc1. The van der Waals surface area contributed by atoms with Gasteiger partial charge in [0.1, 0.15) is 11.4 Å². The van der Waals surface area contributed by atoms with Crippen LogP contribution in [0.5, 0.6) is 5.75 Å². The first-order chi connectivity index (χ1) is 12.5. The summed E-state index contributed by atoms with van der Waals surface area (Å²) in [5.41, 5.74) is 2.10. The van der Waals surface area contributed by atoms with Gasteiger partial charge in [-0.05, 0) is 42.0 Å². The molecule has 0 spiro atoms. The fraction of sp³-hybridized carbons (Fsp3) is 0.105. The third-order valence-electron chi connectivity index (χ3n) is 3.69. The van der Waals surface area contributed by atoms with Crippen molar-refractivity contribution in [2.75, 3.05) is 12.4 Å². The van der Waals surface area contributed by atoms with E-state index >= 15 is 0 Å². The molecule has 1 amide bonds. The number of methoxy groups -OCH3 is 1. The van der Waals surface area contributed by atoms with Gasteiger partial charge in [0.2, 0.25) is 0 Å². The maximum absolute atomic E-state index is 12.3. The largest absolute Gasteiger partial charge is 0.497 e. The van der Waals surface area contributed by atoms with E-state index < -0.39 is 5.97 Å². The van der Waals surface area contributed by atoms with Gasteiger partial charge in [-0.1, -0.05) is 12.1 Å². The van der Waals surface area contributed by atoms with Gasteiger partial charge in [0.25, 0.3) is 5.91 Å². The molecule has 1 heterocycles. The average molecular weight is 368 g/mol. The number of carboxylic acids is 1. The number of aromatic nitrogens is 1. The quantitative estimate of drug-likeness (QED) is 0.693. The predicted molar refractivity (Wildman–Crippen MR) is 99.3 cm³/mol. The van der Waals surface area contributed by atoms with Crippen LogP contribution in [0.4, 0.5) is 5.69 Å². The first-order valence-corrected chi connectivity index (χ1v) is 8.65. The van der Waals surface area contributed by atoms with Crippen LogP contribution in [0.25, 0.3) is 0 Å². The Morgan fingerprint density at radius 1 is 1.12 bits per heavy atom. The minimum atomic E-state index is -1.01. The molecule has 26 heavy (non-hydrogen) atoms. The highest BCUT2D eigenvalue weighted by molar-refractivity contribution is 7.09. The Balaban J connectivity index is 1.64. The van der Waals surface area contributed by atoms with Crippen LogP contribution in [-0.2, 0) is 6.42 Å². The number of ether oxygens (including phenoxy) is 1. The molecule has 0 aliphatic carbocycles. The van der Waals surface area contributed by atoms with E-state index in [0.29, 0.717) is 17.8 Å². The molecule has 0 aliphatic rings. The molecule has 0 bridgehead atoms. The number of carbonyl (C=O) groups is 2. The Hall–Kier alpha value is -3.19. The Labute approximate surface area is 154 Å². The zero-order chi connectivity index (χ0) is 18.5. The summed E-state index contributed by atoms with van der Waals surface area (Å²) in [6.45, 7) is 0. The minimum absolute atomic E-state index is 0.165. The predicted octanol–water partition coefficient (Wildman–Crippen LogP) is 3.69. The molecule has 0 saturated heterocycles. The molecule has 0 saturated carbocycles. The number of carboxylic acid groups (broad SMARTS) is 1.